The summed E-state index contributed by atoms with van der Waals surface area (Å²) in [7, 11) is 0. The van der Waals surface area contributed by atoms with E-state index in [0.29, 0.717) is 19.4 Å². The van der Waals surface area contributed by atoms with Crippen LogP contribution >= 0.6 is 0 Å². The molecule has 0 spiro atoms. The molecule has 0 saturated heterocycles. The van der Waals surface area contributed by atoms with Crippen molar-refractivity contribution in [2.75, 3.05) is 0 Å². The third-order valence-corrected chi connectivity index (χ3v) is 5.62. The largest absolute Gasteiger partial charge is 0.481 e. The van der Waals surface area contributed by atoms with Gasteiger partial charge in [-0.25, -0.2) is 4.39 Å². The summed E-state index contributed by atoms with van der Waals surface area (Å²) in [5.41, 5.74) is 4.65. The zero-order valence-corrected chi connectivity index (χ0v) is 19.0. The zero-order chi connectivity index (χ0) is 24.0. The molecule has 33 heavy (non-hydrogen) atoms. The Balaban J connectivity index is 1.93. The van der Waals surface area contributed by atoms with Crippen LogP contribution in [0.5, 0.6) is 0 Å². The number of nitrogens with zero attached hydrogens (tertiary/aromatic N) is 2. The van der Waals surface area contributed by atoms with Crippen molar-refractivity contribution in [1.82, 2.24) is 9.78 Å². The number of aliphatic hydroxyl groups is 2. The van der Waals surface area contributed by atoms with E-state index in [0.717, 1.165) is 28.1 Å². The highest BCUT2D eigenvalue weighted by Gasteiger charge is 2.23. The minimum Gasteiger partial charge on any atom is -0.481 e. The number of aromatic nitrogens is 2. The van der Waals surface area contributed by atoms with Gasteiger partial charge in [-0.05, 0) is 55.0 Å². The van der Waals surface area contributed by atoms with Gasteiger partial charge in [-0.2, -0.15) is 5.10 Å². The molecule has 0 aliphatic carbocycles. The van der Waals surface area contributed by atoms with Crippen LogP contribution in [0, 0.1) is 5.82 Å². The molecule has 2 atom stereocenters. The summed E-state index contributed by atoms with van der Waals surface area (Å²) in [5.74, 6) is -1.27. The van der Waals surface area contributed by atoms with E-state index in [1.807, 2.05) is 35.0 Å². The molecule has 0 saturated carbocycles. The molecule has 1 aromatic heterocycles. The molecule has 3 aromatic rings. The van der Waals surface area contributed by atoms with Crippen molar-refractivity contribution in [1.29, 1.82) is 0 Å². The summed E-state index contributed by atoms with van der Waals surface area (Å²) in [6.07, 6.45) is -1.51. The highest BCUT2D eigenvalue weighted by molar-refractivity contribution is 5.67. The third-order valence-electron chi connectivity index (χ3n) is 5.62. The average molecular weight is 455 g/mol. The molecule has 6 nitrogen and oxygen atoms in total. The molecule has 2 aromatic carbocycles. The maximum absolute atomic E-state index is 13.5. The van der Waals surface area contributed by atoms with Crippen LogP contribution in [0.25, 0.3) is 11.3 Å². The van der Waals surface area contributed by atoms with Crippen molar-refractivity contribution >= 4 is 5.97 Å². The quantitative estimate of drug-likeness (QED) is 0.400. The minimum atomic E-state index is -1.10. The van der Waals surface area contributed by atoms with Gasteiger partial charge in [0.25, 0.3) is 0 Å². The van der Waals surface area contributed by atoms with Crippen LogP contribution in [0.3, 0.4) is 0 Å². The highest BCUT2D eigenvalue weighted by Crippen LogP contribution is 2.32. The van der Waals surface area contributed by atoms with Crippen LogP contribution in [0.15, 0.2) is 54.6 Å². The van der Waals surface area contributed by atoms with Crippen molar-refractivity contribution in [3.05, 3.63) is 77.2 Å². The van der Waals surface area contributed by atoms with Crippen molar-refractivity contribution in [2.45, 2.75) is 64.2 Å². The van der Waals surface area contributed by atoms with Gasteiger partial charge in [-0.15, -0.1) is 0 Å². The molecule has 0 amide bonds. The Morgan fingerprint density at radius 1 is 1.03 bits per heavy atom. The predicted molar refractivity (Wildman–Crippen MR) is 124 cm³/mol. The van der Waals surface area contributed by atoms with Crippen molar-refractivity contribution < 1.29 is 24.5 Å². The van der Waals surface area contributed by atoms with Crippen molar-refractivity contribution in [3.8, 4) is 11.3 Å². The molecule has 0 radical (unpaired) electrons. The lowest BCUT2D eigenvalue weighted by Crippen LogP contribution is -2.21. The van der Waals surface area contributed by atoms with Crippen LogP contribution in [-0.4, -0.2) is 43.3 Å². The van der Waals surface area contributed by atoms with Gasteiger partial charge >= 0.3 is 5.97 Å². The van der Waals surface area contributed by atoms with Crippen LogP contribution in [0.4, 0.5) is 4.39 Å². The monoisotopic (exact) mass is 454 g/mol. The maximum atomic E-state index is 13.5. The fraction of sp³-hybridized carbons (Fsp3) is 0.385. The second-order valence-electron chi connectivity index (χ2n) is 8.70. The lowest BCUT2D eigenvalue weighted by molar-refractivity contribution is -0.139. The number of aliphatic carboxylic acids is 1. The molecule has 3 rings (SSSR count). The topological polar surface area (TPSA) is 95.6 Å². The Labute approximate surface area is 193 Å². The SMILES string of the molecule is CC(C)c1c(CC[C@@H](O)C[C@@H](O)CC(=O)O)c(-c2ccc(F)cc2)nn1Cc1ccccc1. The Hall–Kier alpha value is -3.03. The van der Waals surface area contributed by atoms with Gasteiger partial charge in [0.2, 0.25) is 0 Å². The molecule has 3 N–H and O–H groups in total. The first-order chi connectivity index (χ1) is 15.7. The summed E-state index contributed by atoms with van der Waals surface area (Å²) in [5, 5.41) is 34.0. The number of rotatable bonds is 11. The van der Waals surface area contributed by atoms with Gasteiger partial charge in [0.15, 0.2) is 0 Å². The fourth-order valence-electron chi connectivity index (χ4n) is 4.15. The molecule has 0 bridgehead atoms. The molecule has 0 unspecified atom stereocenters. The van der Waals surface area contributed by atoms with Crippen LogP contribution in [-0.2, 0) is 17.8 Å². The van der Waals surface area contributed by atoms with Gasteiger partial charge in [-0.3, -0.25) is 9.48 Å². The Morgan fingerprint density at radius 2 is 1.70 bits per heavy atom. The summed E-state index contributed by atoms with van der Waals surface area (Å²) in [6.45, 7) is 4.76. The van der Waals surface area contributed by atoms with Crippen molar-refractivity contribution in [2.24, 2.45) is 0 Å². The van der Waals surface area contributed by atoms with E-state index in [1.54, 1.807) is 12.1 Å². The maximum Gasteiger partial charge on any atom is 0.305 e. The van der Waals surface area contributed by atoms with E-state index >= 15 is 0 Å². The molecular formula is C26H31FN2O4. The molecule has 7 heteroatoms. The van der Waals surface area contributed by atoms with Crippen LogP contribution in [0.2, 0.25) is 0 Å². The third kappa shape index (κ3) is 6.73. The Bertz CT molecular complexity index is 1050. The van der Waals surface area contributed by atoms with Crippen LogP contribution in [0.1, 0.15) is 55.8 Å². The number of hydrogen-bond acceptors (Lipinski definition) is 4. The second-order valence-corrected chi connectivity index (χ2v) is 8.70. The van der Waals surface area contributed by atoms with Gasteiger partial charge in [0.1, 0.15) is 5.82 Å². The normalized spacial score (nSPS) is 13.3. The van der Waals surface area contributed by atoms with Gasteiger partial charge in [0.05, 0.1) is 30.9 Å². The second kappa shape index (κ2) is 11.2. The minimum absolute atomic E-state index is 0.00660. The number of hydrogen-bond donors (Lipinski definition) is 3. The Kier molecular flexibility index (Phi) is 8.36. The predicted octanol–water partition coefficient (Wildman–Crippen LogP) is 4.38. The average Bonchev–Trinajstić information content (AvgIpc) is 3.11. The molecule has 0 fully saturated rings. The fourth-order valence-corrected chi connectivity index (χ4v) is 4.15. The molecule has 1 heterocycles. The number of carboxylic acid groups (broad SMARTS) is 1. The van der Waals surface area contributed by atoms with Gasteiger partial charge in [-0.1, -0.05) is 44.2 Å². The highest BCUT2D eigenvalue weighted by atomic mass is 19.1. The first-order valence-corrected chi connectivity index (χ1v) is 11.2. The van der Waals surface area contributed by atoms with E-state index in [9.17, 15) is 19.4 Å². The van der Waals surface area contributed by atoms with E-state index in [1.165, 1.54) is 12.1 Å². The number of halogens is 1. The van der Waals surface area contributed by atoms with E-state index in [-0.39, 0.29) is 18.2 Å². The lowest BCUT2D eigenvalue weighted by Gasteiger charge is -2.16. The van der Waals surface area contributed by atoms with Crippen LogP contribution < -0.4 is 0 Å². The summed E-state index contributed by atoms with van der Waals surface area (Å²) in [6, 6.07) is 16.2. The first kappa shape index (κ1) is 24.6. The van der Waals surface area contributed by atoms with E-state index in [4.69, 9.17) is 10.2 Å². The molecular weight excluding hydrogens is 423 g/mol. The number of carbonyl (C=O) groups is 1. The van der Waals surface area contributed by atoms with Crippen molar-refractivity contribution in [3.63, 3.8) is 0 Å². The number of carboxylic acids is 1. The summed E-state index contributed by atoms with van der Waals surface area (Å²) in [4.78, 5) is 10.8. The van der Waals surface area contributed by atoms with E-state index < -0.39 is 24.6 Å². The van der Waals surface area contributed by atoms with Gasteiger partial charge < -0.3 is 15.3 Å². The summed E-state index contributed by atoms with van der Waals surface area (Å²) < 4.78 is 15.5. The molecule has 0 aliphatic rings. The smallest absolute Gasteiger partial charge is 0.305 e. The number of aliphatic hydroxyl groups excluding tert-OH is 2. The zero-order valence-electron chi connectivity index (χ0n) is 19.0. The van der Waals surface area contributed by atoms with E-state index in [2.05, 4.69) is 13.8 Å². The summed E-state index contributed by atoms with van der Waals surface area (Å²) >= 11 is 0. The first-order valence-electron chi connectivity index (χ1n) is 11.2. The molecule has 176 valence electrons. The molecule has 0 aliphatic heterocycles. The Morgan fingerprint density at radius 3 is 2.30 bits per heavy atom. The number of benzene rings is 2. The van der Waals surface area contributed by atoms with Gasteiger partial charge in [0, 0.05) is 16.8 Å². The standard InChI is InChI=1S/C26H31FN2O4/c1-17(2)26-23(13-12-21(30)14-22(31)15-24(32)33)25(19-8-10-20(27)11-9-19)28-29(26)16-18-6-4-3-5-7-18/h3-11,17,21-22,30-31H,12-16H2,1-2H3,(H,32,33)/t21-,22-/m1/s1. The lowest BCUT2D eigenvalue weighted by atomic mass is 9.94.